The van der Waals surface area contributed by atoms with Crippen molar-refractivity contribution in [3.8, 4) is 5.69 Å². The maximum Gasteiger partial charge on any atom is 0.255 e. The molecule has 3 aromatic rings. The molecular weight excluding hydrogens is 416 g/mol. The van der Waals surface area contributed by atoms with Gasteiger partial charge >= 0.3 is 0 Å². The molecule has 166 valence electrons. The number of rotatable bonds is 5. The van der Waals surface area contributed by atoms with Crippen LogP contribution in [0.2, 0.25) is 0 Å². The second-order valence-electron chi connectivity index (χ2n) is 8.47. The van der Waals surface area contributed by atoms with Gasteiger partial charge in [0.05, 0.1) is 23.5 Å². The number of hydrogen-bond donors (Lipinski definition) is 1. The van der Waals surface area contributed by atoms with Crippen molar-refractivity contribution in [2.24, 2.45) is 5.92 Å². The molecule has 2 amide bonds. The molecule has 1 aliphatic heterocycles. The number of likely N-dealkylation sites (tertiary alicyclic amines) is 1. The molecule has 0 radical (unpaired) electrons. The van der Waals surface area contributed by atoms with E-state index in [2.05, 4.69) is 15.3 Å². The summed E-state index contributed by atoms with van der Waals surface area (Å²) in [6, 6.07) is 7.34. The molecule has 0 unspecified atom stereocenters. The van der Waals surface area contributed by atoms with Gasteiger partial charge in [0.25, 0.3) is 11.8 Å². The number of aromatic nitrogens is 3. The third kappa shape index (κ3) is 4.19. The second kappa shape index (κ2) is 7.96. The first-order chi connectivity index (χ1) is 15.4. The maximum atomic E-state index is 13.4. The van der Waals surface area contributed by atoms with Gasteiger partial charge in [0.1, 0.15) is 5.65 Å². The summed E-state index contributed by atoms with van der Waals surface area (Å²) >= 11 is 0. The van der Waals surface area contributed by atoms with Gasteiger partial charge in [0.15, 0.2) is 0 Å². The molecule has 0 aromatic carbocycles. The summed E-state index contributed by atoms with van der Waals surface area (Å²) in [6.45, 7) is 0.452. The van der Waals surface area contributed by atoms with Gasteiger partial charge in [-0.25, -0.2) is 13.8 Å². The van der Waals surface area contributed by atoms with Crippen molar-refractivity contribution >= 4 is 22.8 Å². The number of nitrogens with one attached hydrogen (secondary N) is 1. The van der Waals surface area contributed by atoms with Gasteiger partial charge in [0, 0.05) is 55.8 Å². The quantitative estimate of drug-likeness (QED) is 0.662. The van der Waals surface area contributed by atoms with E-state index in [4.69, 9.17) is 0 Å². The van der Waals surface area contributed by atoms with Crippen LogP contribution in [-0.4, -0.2) is 50.3 Å². The zero-order valence-corrected chi connectivity index (χ0v) is 17.4. The third-order valence-electron chi connectivity index (χ3n) is 6.03. The second-order valence-corrected chi connectivity index (χ2v) is 8.47. The largest absolute Gasteiger partial charge is 0.350 e. The first-order valence-electron chi connectivity index (χ1n) is 10.8. The van der Waals surface area contributed by atoms with E-state index in [0.717, 1.165) is 29.6 Å². The lowest BCUT2D eigenvalue weighted by Crippen LogP contribution is -2.42. The van der Waals surface area contributed by atoms with Gasteiger partial charge in [-0.3, -0.25) is 14.6 Å². The van der Waals surface area contributed by atoms with E-state index in [0.29, 0.717) is 17.8 Å². The van der Waals surface area contributed by atoms with Gasteiger partial charge in [-0.05, 0) is 37.1 Å². The van der Waals surface area contributed by atoms with Crippen LogP contribution in [0.5, 0.6) is 0 Å². The van der Waals surface area contributed by atoms with Crippen LogP contribution in [0.15, 0.2) is 42.9 Å². The number of piperidine rings is 1. The van der Waals surface area contributed by atoms with Crippen molar-refractivity contribution in [2.75, 3.05) is 13.1 Å². The van der Waals surface area contributed by atoms with Crippen LogP contribution in [0.3, 0.4) is 0 Å². The molecule has 2 fully saturated rings. The summed E-state index contributed by atoms with van der Waals surface area (Å²) in [5, 5.41) is 3.69. The molecule has 1 saturated carbocycles. The Labute approximate surface area is 183 Å². The molecule has 0 atom stereocenters. The van der Waals surface area contributed by atoms with Crippen LogP contribution in [-0.2, 0) is 11.3 Å². The SMILES string of the molecule is O=C(NCc1cc(-n2ccc3cc(C(=O)N4CCC(F)(F)CC4)cnc32)ccn1)C1CC1. The highest BCUT2D eigenvalue weighted by Crippen LogP contribution is 2.29. The molecule has 7 nitrogen and oxygen atoms in total. The van der Waals surface area contributed by atoms with E-state index in [1.165, 1.54) is 11.1 Å². The van der Waals surface area contributed by atoms with Crippen LogP contribution >= 0.6 is 0 Å². The van der Waals surface area contributed by atoms with Gasteiger partial charge in [-0.1, -0.05) is 0 Å². The minimum atomic E-state index is -2.69. The lowest BCUT2D eigenvalue weighted by molar-refractivity contribution is -0.122. The Balaban J connectivity index is 1.33. The van der Waals surface area contributed by atoms with Crippen molar-refractivity contribution in [2.45, 2.75) is 38.2 Å². The smallest absolute Gasteiger partial charge is 0.255 e. The van der Waals surface area contributed by atoms with Gasteiger partial charge in [-0.15, -0.1) is 0 Å². The molecule has 4 heterocycles. The standard InChI is InChI=1S/C23H23F2N5O2/c24-23(25)5-9-29(10-6-23)22(32)17-11-16-4-8-30(20(16)27-13-17)19-3-7-26-18(12-19)14-28-21(31)15-1-2-15/h3-4,7-8,11-13,15H,1-2,5-6,9-10,14H2,(H,28,31). The number of amides is 2. The molecule has 0 spiro atoms. The number of hydrogen-bond acceptors (Lipinski definition) is 4. The van der Waals surface area contributed by atoms with Crippen molar-refractivity contribution in [3.05, 3.63) is 54.1 Å². The Morgan fingerprint density at radius 3 is 2.66 bits per heavy atom. The van der Waals surface area contributed by atoms with E-state index in [-0.39, 0.29) is 43.7 Å². The van der Waals surface area contributed by atoms with Crippen LogP contribution in [0.25, 0.3) is 16.7 Å². The van der Waals surface area contributed by atoms with E-state index in [1.807, 2.05) is 29.0 Å². The highest BCUT2D eigenvalue weighted by atomic mass is 19.3. The number of pyridine rings is 2. The Morgan fingerprint density at radius 1 is 1.12 bits per heavy atom. The number of halogens is 2. The van der Waals surface area contributed by atoms with Crippen LogP contribution in [0.4, 0.5) is 8.78 Å². The number of alkyl halides is 2. The number of carbonyl (C=O) groups is 2. The molecule has 32 heavy (non-hydrogen) atoms. The first kappa shape index (κ1) is 20.5. The van der Waals surface area contributed by atoms with Gasteiger partial charge in [-0.2, -0.15) is 0 Å². The molecule has 2 aliphatic rings. The molecule has 0 bridgehead atoms. The Hall–Kier alpha value is -3.36. The predicted octanol–water partition coefficient (Wildman–Crippen LogP) is 3.32. The van der Waals surface area contributed by atoms with Crippen molar-refractivity contribution in [1.29, 1.82) is 0 Å². The minimum Gasteiger partial charge on any atom is -0.350 e. The minimum absolute atomic E-state index is 0.0436. The predicted molar refractivity (Wildman–Crippen MR) is 114 cm³/mol. The lowest BCUT2D eigenvalue weighted by atomic mass is 10.1. The van der Waals surface area contributed by atoms with Crippen LogP contribution in [0.1, 0.15) is 41.7 Å². The summed E-state index contributed by atoms with van der Waals surface area (Å²) in [4.78, 5) is 34.9. The van der Waals surface area contributed by atoms with E-state index in [9.17, 15) is 18.4 Å². The molecule has 3 aromatic heterocycles. The number of carbonyl (C=O) groups excluding carboxylic acids is 2. The molecule has 1 saturated heterocycles. The molecular formula is C23H23F2N5O2. The van der Waals surface area contributed by atoms with E-state index >= 15 is 0 Å². The lowest BCUT2D eigenvalue weighted by Gasteiger charge is -2.31. The average Bonchev–Trinajstić information content (AvgIpc) is 3.56. The molecule has 5 rings (SSSR count). The highest BCUT2D eigenvalue weighted by molar-refractivity contribution is 5.97. The maximum absolute atomic E-state index is 13.4. The fraction of sp³-hybridized carbons (Fsp3) is 0.391. The van der Waals surface area contributed by atoms with Crippen LogP contribution < -0.4 is 5.32 Å². The number of fused-ring (bicyclic) bond motifs is 1. The van der Waals surface area contributed by atoms with E-state index < -0.39 is 5.92 Å². The number of nitrogens with zero attached hydrogens (tertiary/aromatic N) is 4. The Kier molecular flexibility index (Phi) is 5.11. The van der Waals surface area contributed by atoms with Crippen molar-refractivity contribution in [1.82, 2.24) is 24.8 Å². The fourth-order valence-corrected chi connectivity index (χ4v) is 3.95. The van der Waals surface area contributed by atoms with Gasteiger partial charge < -0.3 is 14.8 Å². The molecule has 1 aliphatic carbocycles. The zero-order chi connectivity index (χ0) is 22.3. The first-order valence-corrected chi connectivity index (χ1v) is 10.8. The molecule has 1 N–H and O–H groups in total. The normalized spacial score (nSPS) is 18.0. The monoisotopic (exact) mass is 439 g/mol. The Morgan fingerprint density at radius 2 is 1.91 bits per heavy atom. The summed E-state index contributed by atoms with van der Waals surface area (Å²) in [5.74, 6) is -2.76. The zero-order valence-electron chi connectivity index (χ0n) is 17.4. The summed E-state index contributed by atoms with van der Waals surface area (Å²) in [6.07, 6.45) is 6.32. The third-order valence-corrected chi connectivity index (χ3v) is 6.03. The fourth-order valence-electron chi connectivity index (χ4n) is 3.95. The average molecular weight is 439 g/mol. The van der Waals surface area contributed by atoms with Crippen molar-refractivity contribution < 1.29 is 18.4 Å². The highest BCUT2D eigenvalue weighted by Gasteiger charge is 2.36. The summed E-state index contributed by atoms with van der Waals surface area (Å²) in [5.41, 5.74) is 2.65. The van der Waals surface area contributed by atoms with Crippen molar-refractivity contribution in [3.63, 3.8) is 0 Å². The summed E-state index contributed by atoms with van der Waals surface area (Å²) in [7, 11) is 0. The molecule has 9 heteroatoms. The van der Waals surface area contributed by atoms with Crippen LogP contribution in [0, 0.1) is 5.92 Å². The summed E-state index contributed by atoms with van der Waals surface area (Å²) < 4.78 is 28.7. The topological polar surface area (TPSA) is 80.1 Å². The Bertz CT molecular complexity index is 1180. The van der Waals surface area contributed by atoms with E-state index in [1.54, 1.807) is 12.3 Å². The van der Waals surface area contributed by atoms with Gasteiger partial charge in [0.2, 0.25) is 5.91 Å².